The maximum atomic E-state index is 5.65. The normalized spacial score (nSPS) is 21.1. The molecule has 4 rings (SSSR count). The number of hydrogen-bond donors (Lipinski definition) is 0. The van der Waals surface area contributed by atoms with Gasteiger partial charge in [-0.05, 0) is 61.4 Å². The average Bonchev–Trinajstić information content (AvgIpc) is 3.25. The Bertz CT molecular complexity index is 721. The lowest BCUT2D eigenvalue weighted by Gasteiger charge is -2.27. The highest BCUT2D eigenvalue weighted by Gasteiger charge is 2.27. The van der Waals surface area contributed by atoms with Crippen molar-refractivity contribution in [2.45, 2.75) is 58.0 Å². The van der Waals surface area contributed by atoms with Gasteiger partial charge in [0.15, 0.2) is 0 Å². The van der Waals surface area contributed by atoms with Gasteiger partial charge in [0, 0.05) is 19.0 Å². The molecule has 25 heavy (non-hydrogen) atoms. The van der Waals surface area contributed by atoms with Crippen LogP contribution in [0.5, 0.6) is 5.75 Å². The van der Waals surface area contributed by atoms with Crippen LogP contribution in [0.15, 0.2) is 42.5 Å². The Labute approximate surface area is 151 Å². The zero-order valence-electron chi connectivity index (χ0n) is 15.5. The molecule has 2 heterocycles. The number of benzene rings is 2. The molecule has 2 aromatic carbocycles. The number of rotatable bonds is 5. The zero-order valence-corrected chi connectivity index (χ0v) is 15.5. The Kier molecular flexibility index (Phi) is 4.80. The molecule has 0 bridgehead atoms. The Morgan fingerprint density at radius 2 is 2.00 bits per heavy atom. The van der Waals surface area contributed by atoms with Crippen molar-refractivity contribution in [1.82, 2.24) is 4.90 Å². The third-order valence-electron chi connectivity index (χ3n) is 5.91. The molecule has 2 unspecified atom stereocenters. The summed E-state index contributed by atoms with van der Waals surface area (Å²) in [5, 5.41) is 0. The van der Waals surface area contributed by atoms with E-state index in [1.807, 2.05) is 0 Å². The van der Waals surface area contributed by atoms with Crippen molar-refractivity contribution in [3.63, 3.8) is 0 Å². The quantitative estimate of drug-likeness (QED) is 0.755. The molecule has 0 aliphatic carbocycles. The first kappa shape index (κ1) is 16.7. The number of ether oxygens (including phenoxy) is 1. The van der Waals surface area contributed by atoms with Crippen LogP contribution in [0, 0.1) is 6.92 Å². The van der Waals surface area contributed by atoms with Gasteiger partial charge in [0.2, 0.25) is 0 Å². The number of fused-ring (bicyclic) bond motifs is 1. The lowest BCUT2D eigenvalue weighted by molar-refractivity contribution is 0.227. The SMILES string of the molecule is Cc1ccc(CN2CCCC2CC(C)c2ccc3c(c2)CCO3)cc1. The molecule has 2 atom stereocenters. The van der Waals surface area contributed by atoms with Crippen LogP contribution in [0.25, 0.3) is 0 Å². The minimum absolute atomic E-state index is 0.606. The topological polar surface area (TPSA) is 12.5 Å². The molecule has 1 fully saturated rings. The van der Waals surface area contributed by atoms with Crippen LogP contribution in [0.3, 0.4) is 0 Å². The van der Waals surface area contributed by atoms with Crippen LogP contribution < -0.4 is 4.74 Å². The second-order valence-electron chi connectivity index (χ2n) is 7.85. The average molecular weight is 335 g/mol. The Hall–Kier alpha value is -1.80. The summed E-state index contributed by atoms with van der Waals surface area (Å²) < 4.78 is 5.65. The summed E-state index contributed by atoms with van der Waals surface area (Å²) in [7, 11) is 0. The highest BCUT2D eigenvalue weighted by Crippen LogP contribution is 2.33. The molecule has 2 nitrogen and oxygen atoms in total. The van der Waals surface area contributed by atoms with Gasteiger partial charge in [-0.15, -0.1) is 0 Å². The Balaban J connectivity index is 1.41. The van der Waals surface area contributed by atoms with Gasteiger partial charge in [0.1, 0.15) is 5.75 Å². The highest BCUT2D eigenvalue weighted by molar-refractivity contribution is 5.40. The third kappa shape index (κ3) is 3.74. The molecule has 0 N–H and O–H groups in total. The number of aryl methyl sites for hydroxylation is 1. The second kappa shape index (κ2) is 7.21. The molecule has 0 amide bonds. The number of nitrogens with zero attached hydrogens (tertiary/aromatic N) is 1. The minimum Gasteiger partial charge on any atom is -0.493 e. The largest absolute Gasteiger partial charge is 0.493 e. The van der Waals surface area contributed by atoms with E-state index >= 15 is 0 Å². The van der Waals surface area contributed by atoms with E-state index in [-0.39, 0.29) is 0 Å². The lowest BCUT2D eigenvalue weighted by atomic mass is 9.91. The van der Waals surface area contributed by atoms with Gasteiger partial charge < -0.3 is 4.74 Å². The monoisotopic (exact) mass is 335 g/mol. The van der Waals surface area contributed by atoms with Crippen LogP contribution in [0.4, 0.5) is 0 Å². The molecule has 0 saturated carbocycles. The second-order valence-corrected chi connectivity index (χ2v) is 7.85. The predicted octanol–water partition coefficient (Wildman–Crippen LogP) is 5.09. The molecule has 1 saturated heterocycles. The van der Waals surface area contributed by atoms with E-state index in [0.717, 1.165) is 25.3 Å². The van der Waals surface area contributed by atoms with Gasteiger partial charge in [-0.25, -0.2) is 0 Å². The van der Waals surface area contributed by atoms with Gasteiger partial charge >= 0.3 is 0 Å². The third-order valence-corrected chi connectivity index (χ3v) is 5.91. The van der Waals surface area contributed by atoms with Crippen molar-refractivity contribution >= 4 is 0 Å². The lowest BCUT2D eigenvalue weighted by Crippen LogP contribution is -2.30. The number of likely N-dealkylation sites (tertiary alicyclic amines) is 1. The molecule has 2 aliphatic rings. The van der Waals surface area contributed by atoms with E-state index in [1.54, 1.807) is 0 Å². The minimum atomic E-state index is 0.606. The molecule has 2 aliphatic heterocycles. The molecular formula is C23H29NO. The van der Waals surface area contributed by atoms with E-state index in [2.05, 4.69) is 61.2 Å². The van der Waals surface area contributed by atoms with Crippen LogP contribution in [-0.4, -0.2) is 24.1 Å². The van der Waals surface area contributed by atoms with Crippen molar-refractivity contribution in [3.05, 3.63) is 64.7 Å². The molecule has 132 valence electrons. The molecule has 0 spiro atoms. The van der Waals surface area contributed by atoms with E-state index in [4.69, 9.17) is 4.74 Å². The first-order valence-corrected chi connectivity index (χ1v) is 9.74. The first-order chi connectivity index (χ1) is 12.2. The summed E-state index contributed by atoms with van der Waals surface area (Å²) in [6, 6.07) is 16.6. The van der Waals surface area contributed by atoms with E-state index < -0.39 is 0 Å². The van der Waals surface area contributed by atoms with E-state index in [9.17, 15) is 0 Å². The molecule has 2 aromatic rings. The van der Waals surface area contributed by atoms with Crippen molar-refractivity contribution in [2.24, 2.45) is 0 Å². The maximum absolute atomic E-state index is 5.65. The fourth-order valence-electron chi connectivity index (χ4n) is 4.36. The highest BCUT2D eigenvalue weighted by atomic mass is 16.5. The first-order valence-electron chi connectivity index (χ1n) is 9.74. The zero-order chi connectivity index (χ0) is 17.2. The smallest absolute Gasteiger partial charge is 0.122 e. The van der Waals surface area contributed by atoms with E-state index in [1.165, 1.54) is 48.1 Å². The van der Waals surface area contributed by atoms with Crippen molar-refractivity contribution in [2.75, 3.05) is 13.2 Å². The molecule has 0 radical (unpaired) electrons. The Morgan fingerprint density at radius 3 is 2.84 bits per heavy atom. The molecular weight excluding hydrogens is 306 g/mol. The summed E-state index contributed by atoms with van der Waals surface area (Å²) in [6.45, 7) is 7.73. The fraction of sp³-hybridized carbons (Fsp3) is 0.478. The van der Waals surface area contributed by atoms with Crippen LogP contribution in [-0.2, 0) is 13.0 Å². The number of hydrogen-bond acceptors (Lipinski definition) is 2. The summed E-state index contributed by atoms with van der Waals surface area (Å²) in [6.07, 6.45) is 5.00. The van der Waals surface area contributed by atoms with Gasteiger partial charge in [0.25, 0.3) is 0 Å². The van der Waals surface area contributed by atoms with Crippen LogP contribution in [0.1, 0.15) is 54.4 Å². The maximum Gasteiger partial charge on any atom is 0.122 e. The van der Waals surface area contributed by atoms with Gasteiger partial charge in [-0.3, -0.25) is 4.90 Å². The van der Waals surface area contributed by atoms with Crippen LogP contribution in [0.2, 0.25) is 0 Å². The van der Waals surface area contributed by atoms with Crippen LogP contribution >= 0.6 is 0 Å². The van der Waals surface area contributed by atoms with E-state index in [0.29, 0.717) is 12.0 Å². The Morgan fingerprint density at radius 1 is 1.16 bits per heavy atom. The molecule has 2 heteroatoms. The summed E-state index contributed by atoms with van der Waals surface area (Å²) >= 11 is 0. The van der Waals surface area contributed by atoms with Crippen molar-refractivity contribution < 1.29 is 4.74 Å². The summed E-state index contributed by atoms with van der Waals surface area (Å²) in [4.78, 5) is 2.69. The van der Waals surface area contributed by atoms with Gasteiger partial charge in [-0.1, -0.05) is 48.9 Å². The predicted molar refractivity (Wildman–Crippen MR) is 103 cm³/mol. The van der Waals surface area contributed by atoms with Crippen molar-refractivity contribution in [3.8, 4) is 5.75 Å². The standard InChI is InChI=1S/C23H29NO/c1-17-5-7-19(8-6-17)16-24-12-3-4-22(24)14-18(2)20-9-10-23-21(15-20)11-13-25-23/h5-10,15,18,22H,3-4,11-14,16H2,1-2H3. The van der Waals surface area contributed by atoms with Gasteiger partial charge in [-0.2, -0.15) is 0 Å². The molecule has 0 aromatic heterocycles. The summed E-state index contributed by atoms with van der Waals surface area (Å²) in [5.41, 5.74) is 5.66. The summed E-state index contributed by atoms with van der Waals surface area (Å²) in [5.74, 6) is 1.70. The fourth-order valence-corrected chi connectivity index (χ4v) is 4.36. The van der Waals surface area contributed by atoms with Gasteiger partial charge in [0.05, 0.1) is 6.61 Å². The van der Waals surface area contributed by atoms with Crippen molar-refractivity contribution in [1.29, 1.82) is 0 Å².